The zero-order chi connectivity index (χ0) is 25.2. The molecule has 0 saturated carbocycles. The molecule has 36 heavy (non-hydrogen) atoms. The molecule has 9 heteroatoms. The topological polar surface area (TPSA) is 93.5 Å². The molecular formula is C27H34N6O3. The molecule has 190 valence electrons. The summed E-state index contributed by atoms with van der Waals surface area (Å²) in [5.74, 6) is 0.506. The molecule has 9 nitrogen and oxygen atoms in total. The first-order chi connectivity index (χ1) is 17.5. The molecule has 0 spiro atoms. The van der Waals surface area contributed by atoms with E-state index in [0.29, 0.717) is 13.2 Å². The van der Waals surface area contributed by atoms with Gasteiger partial charge in [0.05, 0.1) is 35.0 Å². The molecule has 1 aromatic carbocycles. The average Bonchev–Trinajstić information content (AvgIpc) is 3.27. The molecule has 3 aromatic rings. The number of likely N-dealkylation sites (tertiary alicyclic amines) is 1. The standard InChI is InChI=1S/C27H34N6O3/c1-4-36-27(35)21-9-8-14-32(17-21)26(34)20-12-15-31(16-13-20)25-24-23(18(2)28-29-25)19(3)33(30-24)22-10-6-5-7-11-22/h5-7,10-11,20-21H,4,8-9,12-17H2,1-3H3/t21-/m1/s1. The largest absolute Gasteiger partial charge is 0.466 e. The number of esters is 1. The Labute approximate surface area is 211 Å². The highest BCUT2D eigenvalue weighted by Crippen LogP contribution is 2.32. The van der Waals surface area contributed by atoms with Crippen molar-refractivity contribution in [3.05, 3.63) is 41.7 Å². The lowest BCUT2D eigenvalue weighted by molar-refractivity contribution is -0.152. The zero-order valence-corrected chi connectivity index (χ0v) is 21.3. The third-order valence-electron chi connectivity index (χ3n) is 7.48. The van der Waals surface area contributed by atoms with Crippen LogP contribution in [0.15, 0.2) is 30.3 Å². The Kier molecular flexibility index (Phi) is 6.89. The number of aromatic nitrogens is 4. The Balaban J connectivity index is 1.31. The number of hydrogen-bond acceptors (Lipinski definition) is 7. The van der Waals surface area contributed by atoms with Crippen molar-refractivity contribution in [2.24, 2.45) is 11.8 Å². The summed E-state index contributed by atoms with van der Waals surface area (Å²) in [6.45, 7) is 8.85. The highest BCUT2D eigenvalue weighted by molar-refractivity contribution is 5.92. The van der Waals surface area contributed by atoms with Crippen LogP contribution < -0.4 is 4.90 Å². The predicted octanol–water partition coefficient (Wildman–Crippen LogP) is 3.45. The number of carbonyl (C=O) groups excluding carboxylic acids is 2. The monoisotopic (exact) mass is 490 g/mol. The summed E-state index contributed by atoms with van der Waals surface area (Å²) < 4.78 is 7.15. The van der Waals surface area contributed by atoms with Crippen LogP contribution in [0.2, 0.25) is 0 Å². The predicted molar refractivity (Wildman–Crippen MR) is 137 cm³/mol. The fourth-order valence-corrected chi connectivity index (χ4v) is 5.57. The molecule has 2 saturated heterocycles. The fraction of sp³-hybridized carbons (Fsp3) is 0.519. The third-order valence-corrected chi connectivity index (χ3v) is 7.48. The summed E-state index contributed by atoms with van der Waals surface area (Å²) in [5, 5.41) is 15.0. The number of piperidine rings is 2. The normalized spacial score (nSPS) is 19.0. The molecule has 0 aliphatic carbocycles. The fourth-order valence-electron chi connectivity index (χ4n) is 5.57. The molecule has 2 aliphatic heterocycles. The minimum absolute atomic E-state index is 0.0419. The molecule has 1 atom stereocenters. The molecule has 2 aromatic heterocycles. The van der Waals surface area contributed by atoms with E-state index in [0.717, 1.165) is 79.1 Å². The van der Waals surface area contributed by atoms with E-state index in [9.17, 15) is 9.59 Å². The summed E-state index contributed by atoms with van der Waals surface area (Å²) in [7, 11) is 0. The number of nitrogens with zero attached hydrogens (tertiary/aromatic N) is 6. The lowest BCUT2D eigenvalue weighted by Gasteiger charge is -2.37. The first-order valence-electron chi connectivity index (χ1n) is 13.0. The van der Waals surface area contributed by atoms with E-state index in [1.54, 1.807) is 0 Å². The van der Waals surface area contributed by atoms with Gasteiger partial charge in [0, 0.05) is 32.1 Å². The summed E-state index contributed by atoms with van der Waals surface area (Å²) in [6, 6.07) is 10.1. The van der Waals surface area contributed by atoms with Crippen LogP contribution in [-0.2, 0) is 14.3 Å². The number of aryl methyl sites for hydroxylation is 2. The van der Waals surface area contributed by atoms with Gasteiger partial charge >= 0.3 is 5.97 Å². The van der Waals surface area contributed by atoms with Crippen LogP contribution in [0.4, 0.5) is 5.82 Å². The van der Waals surface area contributed by atoms with E-state index in [1.165, 1.54) is 0 Å². The highest BCUT2D eigenvalue weighted by Gasteiger charge is 2.34. The molecule has 4 heterocycles. The minimum atomic E-state index is -0.207. The average molecular weight is 491 g/mol. The van der Waals surface area contributed by atoms with E-state index in [4.69, 9.17) is 9.84 Å². The Morgan fingerprint density at radius 2 is 1.75 bits per heavy atom. The first-order valence-corrected chi connectivity index (χ1v) is 13.0. The minimum Gasteiger partial charge on any atom is -0.466 e. The van der Waals surface area contributed by atoms with Gasteiger partial charge in [-0.3, -0.25) is 9.59 Å². The quantitative estimate of drug-likeness (QED) is 0.506. The number of rotatable bonds is 5. The van der Waals surface area contributed by atoms with E-state index < -0.39 is 0 Å². The van der Waals surface area contributed by atoms with Gasteiger partial charge in [-0.2, -0.15) is 10.2 Å². The van der Waals surface area contributed by atoms with E-state index in [-0.39, 0.29) is 23.7 Å². The van der Waals surface area contributed by atoms with Crippen molar-refractivity contribution in [2.75, 3.05) is 37.7 Å². The molecule has 2 aliphatic rings. The lowest BCUT2D eigenvalue weighted by Crippen LogP contribution is -2.47. The molecule has 0 radical (unpaired) electrons. The molecule has 2 fully saturated rings. The van der Waals surface area contributed by atoms with Crippen LogP contribution >= 0.6 is 0 Å². The smallest absolute Gasteiger partial charge is 0.310 e. The van der Waals surface area contributed by atoms with Gasteiger partial charge in [0.2, 0.25) is 5.91 Å². The highest BCUT2D eigenvalue weighted by atomic mass is 16.5. The maximum atomic E-state index is 13.3. The number of fused-ring (bicyclic) bond motifs is 1. The molecular weight excluding hydrogens is 456 g/mol. The zero-order valence-electron chi connectivity index (χ0n) is 21.3. The van der Waals surface area contributed by atoms with Gasteiger partial charge in [-0.1, -0.05) is 18.2 Å². The second kappa shape index (κ2) is 10.2. The van der Waals surface area contributed by atoms with Gasteiger partial charge in [-0.15, -0.1) is 5.10 Å². The van der Waals surface area contributed by atoms with Gasteiger partial charge in [-0.25, -0.2) is 4.68 Å². The van der Waals surface area contributed by atoms with Crippen molar-refractivity contribution in [3.63, 3.8) is 0 Å². The summed E-state index contributed by atoms with van der Waals surface area (Å²) in [4.78, 5) is 29.6. The Bertz CT molecular complexity index is 1250. The number of carbonyl (C=O) groups is 2. The SMILES string of the molecule is CCOC(=O)[C@@H]1CCCN(C(=O)C2CCN(c3nnc(C)c4c(C)n(-c5ccccc5)nc34)CC2)C1. The molecule has 0 bridgehead atoms. The second-order valence-corrected chi connectivity index (χ2v) is 9.80. The number of ether oxygens (including phenoxy) is 1. The third kappa shape index (κ3) is 4.54. The second-order valence-electron chi connectivity index (χ2n) is 9.80. The van der Waals surface area contributed by atoms with Crippen LogP contribution in [0.25, 0.3) is 16.6 Å². The summed E-state index contributed by atoms with van der Waals surface area (Å²) in [5.41, 5.74) is 3.75. The van der Waals surface area contributed by atoms with Crippen molar-refractivity contribution >= 4 is 28.6 Å². The van der Waals surface area contributed by atoms with Crippen LogP contribution in [0, 0.1) is 25.7 Å². The van der Waals surface area contributed by atoms with Crippen LogP contribution in [0.3, 0.4) is 0 Å². The van der Waals surface area contributed by atoms with E-state index in [2.05, 4.69) is 22.0 Å². The van der Waals surface area contributed by atoms with Crippen LogP contribution in [0.1, 0.15) is 44.0 Å². The van der Waals surface area contributed by atoms with Crippen molar-refractivity contribution in [1.82, 2.24) is 24.9 Å². The number of hydrogen-bond donors (Lipinski definition) is 0. The maximum Gasteiger partial charge on any atom is 0.310 e. The molecule has 1 amide bonds. The van der Waals surface area contributed by atoms with Gasteiger partial charge < -0.3 is 14.5 Å². The van der Waals surface area contributed by atoms with Crippen molar-refractivity contribution in [3.8, 4) is 5.69 Å². The molecule has 0 N–H and O–H groups in total. The molecule has 5 rings (SSSR count). The van der Waals surface area contributed by atoms with E-state index >= 15 is 0 Å². The van der Waals surface area contributed by atoms with Crippen LogP contribution in [0.5, 0.6) is 0 Å². The number of anilines is 1. The maximum absolute atomic E-state index is 13.3. The Hall–Kier alpha value is -3.49. The van der Waals surface area contributed by atoms with Gasteiger partial charge in [-0.05, 0) is 58.6 Å². The van der Waals surface area contributed by atoms with Crippen molar-refractivity contribution < 1.29 is 14.3 Å². The first kappa shape index (κ1) is 24.2. The lowest BCUT2D eigenvalue weighted by atomic mass is 9.92. The summed E-state index contributed by atoms with van der Waals surface area (Å²) >= 11 is 0. The number of para-hydroxylation sites is 1. The Morgan fingerprint density at radius 3 is 2.47 bits per heavy atom. The van der Waals surface area contributed by atoms with Crippen molar-refractivity contribution in [1.29, 1.82) is 0 Å². The Morgan fingerprint density at radius 1 is 1.00 bits per heavy atom. The van der Waals surface area contributed by atoms with E-state index in [1.807, 2.05) is 53.8 Å². The van der Waals surface area contributed by atoms with Gasteiger partial charge in [0.25, 0.3) is 0 Å². The van der Waals surface area contributed by atoms with Crippen LogP contribution in [-0.4, -0.2) is 69.5 Å². The summed E-state index contributed by atoms with van der Waals surface area (Å²) in [6.07, 6.45) is 3.12. The number of amides is 1. The van der Waals surface area contributed by atoms with Gasteiger partial charge in [0.15, 0.2) is 5.82 Å². The molecule has 0 unspecified atom stereocenters. The number of benzene rings is 1. The van der Waals surface area contributed by atoms with Crippen molar-refractivity contribution in [2.45, 2.75) is 46.5 Å². The van der Waals surface area contributed by atoms with Gasteiger partial charge in [0.1, 0.15) is 5.52 Å².